The second kappa shape index (κ2) is 12.2. The first-order valence-electron chi connectivity index (χ1n) is 13.3. The summed E-state index contributed by atoms with van der Waals surface area (Å²) in [6.07, 6.45) is 0. The number of aromatic nitrogens is 8. The third-order valence-corrected chi connectivity index (χ3v) is 6.71. The molecule has 0 aliphatic heterocycles. The summed E-state index contributed by atoms with van der Waals surface area (Å²) < 4.78 is 2.22. The number of hydrogen-bond donors (Lipinski definition) is 3. The Balaban J connectivity index is 1.57. The number of rotatable bonds is 12. The lowest BCUT2D eigenvalue weighted by atomic mass is 9.95. The number of aryl methyl sites for hydroxylation is 1. The van der Waals surface area contributed by atoms with E-state index in [-0.39, 0.29) is 0 Å². The monoisotopic (exact) mass is 540 g/mol. The SMILES string of the molecule is Cc1nc2c(NCCN(C)C)nnc(NCCN(C)C)c2n1Cc1ccccc1-c1ccccc1-c1nn[nH]n1. The van der Waals surface area contributed by atoms with Crippen LogP contribution in [0.1, 0.15) is 11.4 Å². The molecule has 0 fully saturated rings. The number of nitrogens with one attached hydrogen (secondary N) is 3. The quantitative estimate of drug-likeness (QED) is 0.217. The Morgan fingerprint density at radius 3 is 2.08 bits per heavy atom. The lowest BCUT2D eigenvalue weighted by molar-refractivity contribution is 0.424. The molecule has 0 aliphatic carbocycles. The molecule has 5 aromatic rings. The third-order valence-electron chi connectivity index (χ3n) is 6.71. The molecule has 3 N–H and O–H groups in total. The van der Waals surface area contributed by atoms with Crippen LogP contribution in [-0.4, -0.2) is 105 Å². The van der Waals surface area contributed by atoms with E-state index in [0.717, 1.165) is 71.1 Å². The highest BCUT2D eigenvalue weighted by Gasteiger charge is 2.20. The van der Waals surface area contributed by atoms with Gasteiger partial charge in [-0.05, 0) is 57.0 Å². The Kier molecular flexibility index (Phi) is 8.27. The molecular weight excluding hydrogens is 504 g/mol. The molecule has 0 aliphatic rings. The normalized spacial score (nSPS) is 11.6. The minimum Gasteiger partial charge on any atom is -0.365 e. The number of nitrogens with zero attached hydrogens (tertiary/aromatic N) is 9. The van der Waals surface area contributed by atoms with Crippen LogP contribution in [0.3, 0.4) is 0 Å². The summed E-state index contributed by atoms with van der Waals surface area (Å²) in [5, 5.41) is 30.8. The minimum absolute atomic E-state index is 0.561. The molecule has 5 rings (SSSR count). The average Bonchev–Trinajstić information content (AvgIpc) is 3.59. The van der Waals surface area contributed by atoms with Gasteiger partial charge in [0.05, 0.1) is 6.54 Å². The van der Waals surface area contributed by atoms with E-state index in [1.54, 1.807) is 0 Å². The molecule has 0 bridgehead atoms. The fraction of sp³-hybridized carbons (Fsp3) is 0.357. The Hall–Kier alpha value is -4.42. The summed E-state index contributed by atoms with van der Waals surface area (Å²) in [6, 6.07) is 16.5. The fourth-order valence-corrected chi connectivity index (χ4v) is 4.67. The molecule has 0 atom stereocenters. The van der Waals surface area contributed by atoms with Crippen molar-refractivity contribution < 1.29 is 0 Å². The van der Waals surface area contributed by atoms with E-state index in [0.29, 0.717) is 18.2 Å². The van der Waals surface area contributed by atoms with Gasteiger partial charge >= 0.3 is 0 Å². The van der Waals surface area contributed by atoms with Crippen molar-refractivity contribution in [1.29, 1.82) is 0 Å². The van der Waals surface area contributed by atoms with E-state index < -0.39 is 0 Å². The number of likely N-dealkylation sites (N-methyl/N-ethyl adjacent to an activating group) is 2. The van der Waals surface area contributed by atoms with Crippen molar-refractivity contribution in [2.24, 2.45) is 0 Å². The number of benzene rings is 2. The van der Waals surface area contributed by atoms with Crippen LogP contribution in [0, 0.1) is 6.92 Å². The molecule has 3 heterocycles. The van der Waals surface area contributed by atoms with Crippen molar-refractivity contribution in [1.82, 2.24) is 50.2 Å². The zero-order valence-corrected chi connectivity index (χ0v) is 23.7. The predicted octanol–water partition coefficient (Wildman–Crippen LogP) is 2.98. The predicted molar refractivity (Wildman–Crippen MR) is 158 cm³/mol. The summed E-state index contributed by atoms with van der Waals surface area (Å²) in [4.78, 5) is 9.23. The summed E-state index contributed by atoms with van der Waals surface area (Å²) in [5.41, 5.74) is 5.93. The van der Waals surface area contributed by atoms with Crippen LogP contribution in [0.4, 0.5) is 11.6 Å². The van der Waals surface area contributed by atoms with Crippen LogP contribution in [0.2, 0.25) is 0 Å². The largest absolute Gasteiger partial charge is 0.365 e. The van der Waals surface area contributed by atoms with Crippen molar-refractivity contribution in [2.75, 3.05) is 65.0 Å². The highest BCUT2D eigenvalue weighted by Crippen LogP contribution is 2.34. The highest BCUT2D eigenvalue weighted by molar-refractivity contribution is 5.94. The molecule has 0 saturated heterocycles. The van der Waals surface area contributed by atoms with Gasteiger partial charge in [0, 0.05) is 31.7 Å². The molecule has 40 heavy (non-hydrogen) atoms. The summed E-state index contributed by atoms with van der Waals surface area (Å²) in [5.74, 6) is 2.86. The summed E-state index contributed by atoms with van der Waals surface area (Å²) in [6.45, 7) is 5.86. The zero-order valence-electron chi connectivity index (χ0n) is 23.7. The standard InChI is InChI=1S/C28H36N12/c1-19-31-24-25(28(30-15-17-39(4)5)33-32-27(24)29-14-16-38(2)3)40(19)18-20-10-6-7-11-21(20)22-12-8-9-13-23(22)26-34-36-37-35-26/h6-13H,14-18H2,1-5H3,(H,29,32)(H,30,33)(H,34,35,36,37). The van der Waals surface area contributed by atoms with Crippen LogP contribution in [0.25, 0.3) is 33.5 Å². The summed E-state index contributed by atoms with van der Waals surface area (Å²) in [7, 11) is 8.21. The van der Waals surface area contributed by atoms with Crippen molar-refractivity contribution in [3.05, 3.63) is 59.9 Å². The molecule has 208 valence electrons. The van der Waals surface area contributed by atoms with E-state index >= 15 is 0 Å². The zero-order chi connectivity index (χ0) is 28.1. The second-order valence-electron chi connectivity index (χ2n) is 10.2. The Morgan fingerprint density at radius 1 is 0.775 bits per heavy atom. The molecule has 0 amide bonds. The Bertz CT molecular complexity index is 1560. The smallest absolute Gasteiger partial charge is 0.205 e. The second-order valence-corrected chi connectivity index (χ2v) is 10.2. The van der Waals surface area contributed by atoms with Crippen LogP contribution in [0.15, 0.2) is 48.5 Å². The molecule has 12 nitrogen and oxygen atoms in total. The van der Waals surface area contributed by atoms with Crippen LogP contribution in [-0.2, 0) is 6.54 Å². The van der Waals surface area contributed by atoms with E-state index in [1.165, 1.54) is 0 Å². The number of aromatic amines is 1. The topological polar surface area (TPSA) is 129 Å². The average molecular weight is 541 g/mol. The van der Waals surface area contributed by atoms with Gasteiger partial charge in [-0.2, -0.15) is 5.21 Å². The fourth-order valence-electron chi connectivity index (χ4n) is 4.67. The summed E-state index contributed by atoms with van der Waals surface area (Å²) >= 11 is 0. The van der Waals surface area contributed by atoms with Gasteiger partial charge in [0.1, 0.15) is 16.9 Å². The van der Waals surface area contributed by atoms with E-state index in [1.807, 2.05) is 39.2 Å². The first-order valence-corrected chi connectivity index (χ1v) is 13.3. The van der Waals surface area contributed by atoms with Gasteiger partial charge in [-0.25, -0.2) is 4.98 Å². The van der Waals surface area contributed by atoms with Gasteiger partial charge in [-0.3, -0.25) is 0 Å². The maximum Gasteiger partial charge on any atom is 0.205 e. The van der Waals surface area contributed by atoms with Gasteiger partial charge < -0.3 is 25.0 Å². The minimum atomic E-state index is 0.561. The lowest BCUT2D eigenvalue weighted by Crippen LogP contribution is -2.22. The number of anilines is 2. The van der Waals surface area contributed by atoms with Crippen LogP contribution in [0.5, 0.6) is 0 Å². The third kappa shape index (κ3) is 5.92. The first-order chi connectivity index (χ1) is 19.4. The van der Waals surface area contributed by atoms with Crippen molar-refractivity contribution in [2.45, 2.75) is 13.5 Å². The van der Waals surface area contributed by atoms with Gasteiger partial charge in [-0.1, -0.05) is 48.5 Å². The Morgan fingerprint density at radius 2 is 1.40 bits per heavy atom. The highest BCUT2D eigenvalue weighted by atomic mass is 15.5. The first kappa shape index (κ1) is 27.2. The van der Waals surface area contributed by atoms with Gasteiger partial charge in [-0.15, -0.1) is 20.4 Å². The lowest BCUT2D eigenvalue weighted by Gasteiger charge is -2.17. The van der Waals surface area contributed by atoms with Gasteiger partial charge in [0.15, 0.2) is 11.6 Å². The van der Waals surface area contributed by atoms with Crippen LogP contribution >= 0.6 is 0 Å². The Labute approximate surface area is 233 Å². The van der Waals surface area contributed by atoms with E-state index in [4.69, 9.17) is 4.98 Å². The number of fused-ring (bicyclic) bond motifs is 1. The molecular formula is C28H36N12. The maximum absolute atomic E-state index is 4.97. The number of hydrogen-bond acceptors (Lipinski definition) is 10. The van der Waals surface area contributed by atoms with E-state index in [9.17, 15) is 0 Å². The van der Waals surface area contributed by atoms with Crippen molar-refractivity contribution in [3.8, 4) is 22.5 Å². The molecule has 3 aromatic heterocycles. The molecule has 12 heteroatoms. The van der Waals surface area contributed by atoms with Crippen LogP contribution < -0.4 is 10.6 Å². The molecule has 2 aromatic carbocycles. The molecule has 0 spiro atoms. The van der Waals surface area contributed by atoms with E-state index in [2.05, 4.69) is 100 Å². The molecule has 0 unspecified atom stereocenters. The number of tetrazole rings is 1. The van der Waals surface area contributed by atoms with Gasteiger partial charge in [0.25, 0.3) is 0 Å². The number of imidazole rings is 1. The van der Waals surface area contributed by atoms with Gasteiger partial charge in [0.2, 0.25) is 5.82 Å². The molecule has 0 radical (unpaired) electrons. The van der Waals surface area contributed by atoms with Crippen molar-refractivity contribution >= 4 is 22.7 Å². The number of H-pyrrole nitrogens is 1. The van der Waals surface area contributed by atoms with Crippen molar-refractivity contribution in [3.63, 3.8) is 0 Å². The molecule has 0 saturated carbocycles. The maximum atomic E-state index is 4.97.